The molecule has 0 spiro atoms. The minimum Gasteiger partial charge on any atom is -0.326 e. The topological polar surface area (TPSA) is 30.9 Å². The molecule has 3 rings (SSSR count). The Morgan fingerprint density at radius 1 is 1.06 bits per heavy atom. The number of halogens is 1. The summed E-state index contributed by atoms with van der Waals surface area (Å²) < 4.78 is 2.13. The quantitative estimate of drug-likeness (QED) is 0.744. The van der Waals surface area contributed by atoms with Crippen molar-refractivity contribution in [1.82, 2.24) is 4.57 Å². The molecule has 0 atom stereocenters. The molecule has 1 heterocycles. The van der Waals surface area contributed by atoms with Gasteiger partial charge in [0.25, 0.3) is 0 Å². The van der Waals surface area contributed by atoms with E-state index >= 15 is 0 Å². The summed E-state index contributed by atoms with van der Waals surface area (Å²) in [5.74, 6) is 0. The molecular weight excluding hydrogens is 244 g/mol. The number of hydrogen-bond acceptors (Lipinski definition) is 1. The van der Waals surface area contributed by atoms with Crippen molar-refractivity contribution >= 4 is 22.5 Å². The fourth-order valence-corrected chi connectivity index (χ4v) is 2.33. The van der Waals surface area contributed by atoms with Crippen LogP contribution in [0.3, 0.4) is 0 Å². The van der Waals surface area contributed by atoms with Crippen molar-refractivity contribution in [3.63, 3.8) is 0 Å². The number of fused-ring (bicyclic) bond motifs is 1. The standard InChI is InChI=1S/C15H13ClN2/c16-13-5-4-12-6-7-18(15(12)9-13)14-3-1-2-11(8-14)10-17/h1-9H,10,17H2. The van der Waals surface area contributed by atoms with Crippen LogP contribution in [0.5, 0.6) is 0 Å². The summed E-state index contributed by atoms with van der Waals surface area (Å²) in [6, 6.07) is 16.2. The number of benzene rings is 2. The van der Waals surface area contributed by atoms with Crippen molar-refractivity contribution in [2.24, 2.45) is 5.73 Å². The van der Waals surface area contributed by atoms with Crippen molar-refractivity contribution in [3.05, 3.63) is 65.3 Å². The van der Waals surface area contributed by atoms with Gasteiger partial charge in [-0.1, -0.05) is 29.8 Å². The van der Waals surface area contributed by atoms with Crippen LogP contribution in [0.15, 0.2) is 54.7 Å². The van der Waals surface area contributed by atoms with Gasteiger partial charge in [-0.2, -0.15) is 0 Å². The monoisotopic (exact) mass is 256 g/mol. The lowest BCUT2D eigenvalue weighted by Gasteiger charge is -2.07. The first kappa shape index (κ1) is 11.3. The van der Waals surface area contributed by atoms with E-state index < -0.39 is 0 Å². The first-order chi connectivity index (χ1) is 8.78. The summed E-state index contributed by atoms with van der Waals surface area (Å²) in [6.45, 7) is 0.549. The van der Waals surface area contributed by atoms with E-state index in [2.05, 4.69) is 29.0 Å². The first-order valence-electron chi connectivity index (χ1n) is 5.84. The highest BCUT2D eigenvalue weighted by Crippen LogP contribution is 2.24. The highest BCUT2D eigenvalue weighted by Gasteiger charge is 2.04. The van der Waals surface area contributed by atoms with Gasteiger partial charge in [-0.05, 0) is 35.9 Å². The largest absolute Gasteiger partial charge is 0.326 e. The van der Waals surface area contributed by atoms with E-state index in [1.165, 1.54) is 5.39 Å². The molecule has 0 amide bonds. The maximum Gasteiger partial charge on any atom is 0.0543 e. The van der Waals surface area contributed by atoms with Crippen LogP contribution in [0.25, 0.3) is 16.6 Å². The van der Waals surface area contributed by atoms with E-state index in [1.807, 2.05) is 30.3 Å². The normalized spacial score (nSPS) is 11.0. The third-order valence-corrected chi connectivity index (χ3v) is 3.31. The van der Waals surface area contributed by atoms with Gasteiger partial charge in [-0.3, -0.25) is 0 Å². The van der Waals surface area contributed by atoms with Crippen LogP contribution in [0.1, 0.15) is 5.56 Å². The van der Waals surface area contributed by atoms with E-state index in [0.717, 1.165) is 21.8 Å². The lowest BCUT2D eigenvalue weighted by atomic mass is 10.2. The summed E-state index contributed by atoms with van der Waals surface area (Å²) >= 11 is 6.06. The highest BCUT2D eigenvalue weighted by molar-refractivity contribution is 6.31. The summed E-state index contributed by atoms with van der Waals surface area (Å²) in [4.78, 5) is 0. The van der Waals surface area contributed by atoms with Crippen molar-refractivity contribution < 1.29 is 0 Å². The van der Waals surface area contributed by atoms with Crippen molar-refractivity contribution in [3.8, 4) is 5.69 Å². The van der Waals surface area contributed by atoms with Gasteiger partial charge in [0.2, 0.25) is 0 Å². The highest BCUT2D eigenvalue weighted by atomic mass is 35.5. The van der Waals surface area contributed by atoms with Crippen LogP contribution in [-0.2, 0) is 6.54 Å². The minimum atomic E-state index is 0.549. The van der Waals surface area contributed by atoms with Gasteiger partial charge < -0.3 is 10.3 Å². The van der Waals surface area contributed by atoms with Crippen molar-refractivity contribution in [2.45, 2.75) is 6.54 Å². The molecule has 18 heavy (non-hydrogen) atoms. The zero-order chi connectivity index (χ0) is 12.5. The molecule has 0 radical (unpaired) electrons. The fourth-order valence-electron chi connectivity index (χ4n) is 2.16. The number of aromatic nitrogens is 1. The Hall–Kier alpha value is -1.77. The second-order valence-electron chi connectivity index (χ2n) is 4.26. The molecule has 3 heteroatoms. The zero-order valence-electron chi connectivity index (χ0n) is 9.81. The maximum atomic E-state index is 6.06. The lowest BCUT2D eigenvalue weighted by Crippen LogP contribution is -1.98. The van der Waals surface area contributed by atoms with Gasteiger partial charge in [0.15, 0.2) is 0 Å². The molecule has 0 saturated heterocycles. The van der Waals surface area contributed by atoms with Crippen molar-refractivity contribution in [1.29, 1.82) is 0 Å². The molecular formula is C15H13ClN2. The fraction of sp³-hybridized carbons (Fsp3) is 0.0667. The molecule has 0 aliphatic heterocycles. The van der Waals surface area contributed by atoms with E-state index in [-0.39, 0.29) is 0 Å². The molecule has 0 aliphatic carbocycles. The Labute approximate surface area is 111 Å². The average molecular weight is 257 g/mol. The molecule has 0 fully saturated rings. The second kappa shape index (κ2) is 4.48. The Bertz CT molecular complexity index is 701. The average Bonchev–Trinajstić information content (AvgIpc) is 2.81. The van der Waals surface area contributed by atoms with Crippen LogP contribution >= 0.6 is 11.6 Å². The Balaban J connectivity index is 2.21. The van der Waals surface area contributed by atoms with Gasteiger partial charge in [-0.25, -0.2) is 0 Å². The molecule has 0 unspecified atom stereocenters. The Morgan fingerprint density at radius 2 is 1.94 bits per heavy atom. The van der Waals surface area contributed by atoms with E-state index in [9.17, 15) is 0 Å². The lowest BCUT2D eigenvalue weighted by molar-refractivity contribution is 1.05. The van der Waals surface area contributed by atoms with Crippen LogP contribution in [-0.4, -0.2) is 4.57 Å². The van der Waals surface area contributed by atoms with Crippen LogP contribution in [0.2, 0.25) is 5.02 Å². The summed E-state index contributed by atoms with van der Waals surface area (Å²) in [5.41, 5.74) is 9.01. The molecule has 0 saturated carbocycles. The van der Waals surface area contributed by atoms with E-state index in [0.29, 0.717) is 6.54 Å². The zero-order valence-corrected chi connectivity index (χ0v) is 10.6. The summed E-state index contributed by atoms with van der Waals surface area (Å²) in [7, 11) is 0. The number of rotatable bonds is 2. The molecule has 0 aliphatic rings. The predicted molar refractivity (Wildman–Crippen MR) is 76.2 cm³/mol. The predicted octanol–water partition coefficient (Wildman–Crippen LogP) is 3.74. The first-order valence-corrected chi connectivity index (χ1v) is 6.22. The second-order valence-corrected chi connectivity index (χ2v) is 4.70. The van der Waals surface area contributed by atoms with E-state index in [4.69, 9.17) is 17.3 Å². The third kappa shape index (κ3) is 1.90. The summed E-state index contributed by atoms with van der Waals surface area (Å²) in [6.07, 6.45) is 2.05. The maximum absolute atomic E-state index is 6.06. The van der Waals surface area contributed by atoms with Crippen molar-refractivity contribution in [2.75, 3.05) is 0 Å². The van der Waals surface area contributed by atoms with Gasteiger partial charge in [0.05, 0.1) is 5.52 Å². The Morgan fingerprint density at radius 3 is 2.78 bits per heavy atom. The molecule has 1 aromatic heterocycles. The van der Waals surface area contributed by atoms with Gasteiger partial charge in [0, 0.05) is 28.8 Å². The molecule has 90 valence electrons. The molecule has 2 N–H and O–H groups in total. The number of nitrogens with zero attached hydrogens (tertiary/aromatic N) is 1. The van der Waals surface area contributed by atoms with Crippen LogP contribution < -0.4 is 5.73 Å². The van der Waals surface area contributed by atoms with Gasteiger partial charge in [0.1, 0.15) is 0 Å². The van der Waals surface area contributed by atoms with Crippen LogP contribution in [0.4, 0.5) is 0 Å². The van der Waals surface area contributed by atoms with Gasteiger partial charge >= 0.3 is 0 Å². The number of nitrogens with two attached hydrogens (primary N) is 1. The molecule has 3 aromatic rings. The SMILES string of the molecule is NCc1cccc(-n2ccc3ccc(Cl)cc32)c1. The smallest absolute Gasteiger partial charge is 0.0543 e. The number of hydrogen-bond donors (Lipinski definition) is 1. The summed E-state index contributed by atoms with van der Waals surface area (Å²) in [5, 5.41) is 1.93. The Kier molecular flexibility index (Phi) is 2.82. The molecule has 0 bridgehead atoms. The minimum absolute atomic E-state index is 0.549. The van der Waals surface area contributed by atoms with E-state index in [1.54, 1.807) is 0 Å². The van der Waals surface area contributed by atoms with Gasteiger partial charge in [-0.15, -0.1) is 0 Å². The van der Waals surface area contributed by atoms with Crippen LogP contribution in [0, 0.1) is 0 Å². The molecule has 2 aromatic carbocycles. The molecule has 2 nitrogen and oxygen atoms in total. The third-order valence-electron chi connectivity index (χ3n) is 3.08.